The van der Waals surface area contributed by atoms with Gasteiger partial charge in [0.1, 0.15) is 0 Å². The van der Waals surface area contributed by atoms with E-state index in [1.165, 1.54) is 32.8 Å². The number of aryl methyl sites for hydroxylation is 1. The average molecular weight is 347 g/mol. The second kappa shape index (κ2) is 6.83. The number of hydrogen-bond donors (Lipinski definition) is 0. The molecule has 2 aliphatic rings. The lowest BCUT2D eigenvalue weighted by atomic mass is 9.60. The fraction of sp³-hybridized carbons (Fsp3) is 0.684. The number of nitro groups is 1. The number of benzene rings is 1. The third-order valence-corrected chi connectivity index (χ3v) is 6.19. The van der Waals surface area contributed by atoms with Gasteiger partial charge in [0, 0.05) is 37.0 Å². The minimum absolute atomic E-state index is 0.0596. The molecule has 2 fully saturated rings. The van der Waals surface area contributed by atoms with E-state index in [-0.39, 0.29) is 10.6 Å². The van der Waals surface area contributed by atoms with Crippen molar-refractivity contribution < 1.29 is 9.66 Å². The van der Waals surface area contributed by atoms with Gasteiger partial charge in [-0.25, -0.2) is 0 Å². The largest absolute Gasteiger partial charge is 0.490 e. The summed E-state index contributed by atoms with van der Waals surface area (Å²) in [5.74, 6) is 0.355. The predicted octanol–water partition coefficient (Wildman–Crippen LogP) is 3.48. The Balaban J connectivity index is 1.76. The van der Waals surface area contributed by atoms with Crippen LogP contribution in [0.2, 0.25) is 0 Å². The van der Waals surface area contributed by atoms with E-state index in [1.807, 2.05) is 13.0 Å². The Morgan fingerprint density at radius 2 is 1.96 bits per heavy atom. The van der Waals surface area contributed by atoms with Crippen LogP contribution >= 0.6 is 0 Å². The number of nitro benzene ring substituents is 1. The Morgan fingerprint density at radius 3 is 2.44 bits per heavy atom. The molecule has 1 heterocycles. The molecule has 3 rings (SSSR count). The van der Waals surface area contributed by atoms with E-state index in [0.717, 1.165) is 36.8 Å². The topological polar surface area (TPSA) is 58.9 Å². The van der Waals surface area contributed by atoms with E-state index in [9.17, 15) is 10.1 Å². The Kier molecular flexibility index (Phi) is 4.91. The fourth-order valence-electron chi connectivity index (χ4n) is 4.42. The zero-order valence-corrected chi connectivity index (χ0v) is 15.7. The standard InChI is InChI=1S/C19H29N3O3/c1-5-14-10-17(22(23)24)18(25-4)11-16(14)21-8-6-19(7-9-21)12-15(13-19)20(2)3/h10-11,15H,5-9,12-13H2,1-4H3. The second-order valence-electron chi connectivity index (χ2n) is 7.78. The highest BCUT2D eigenvalue weighted by molar-refractivity contribution is 5.64. The Bertz CT molecular complexity index is 644. The molecule has 0 unspecified atom stereocenters. The van der Waals surface area contributed by atoms with Crippen molar-refractivity contribution in [2.24, 2.45) is 5.41 Å². The molecule has 138 valence electrons. The Hall–Kier alpha value is -1.82. The van der Waals surface area contributed by atoms with Gasteiger partial charge in [0.05, 0.1) is 12.0 Å². The number of methoxy groups -OCH3 is 1. The number of anilines is 1. The molecule has 6 nitrogen and oxygen atoms in total. The van der Waals surface area contributed by atoms with Gasteiger partial charge in [-0.3, -0.25) is 10.1 Å². The highest BCUT2D eigenvalue weighted by Gasteiger charge is 2.46. The smallest absolute Gasteiger partial charge is 0.311 e. The lowest BCUT2D eigenvalue weighted by molar-refractivity contribution is -0.385. The molecule has 1 aliphatic heterocycles. The van der Waals surface area contributed by atoms with E-state index in [4.69, 9.17) is 4.74 Å². The first-order valence-corrected chi connectivity index (χ1v) is 9.16. The highest BCUT2D eigenvalue weighted by Crippen LogP contribution is 2.51. The first kappa shape index (κ1) is 18.0. The van der Waals surface area contributed by atoms with E-state index in [1.54, 1.807) is 6.07 Å². The molecular weight excluding hydrogens is 318 g/mol. The summed E-state index contributed by atoms with van der Waals surface area (Å²) in [4.78, 5) is 15.6. The van der Waals surface area contributed by atoms with Crippen LogP contribution in [0.25, 0.3) is 0 Å². The van der Waals surface area contributed by atoms with Gasteiger partial charge in [0.15, 0.2) is 5.75 Å². The normalized spacial score (nSPS) is 20.0. The molecule has 0 amide bonds. The number of nitrogens with zero attached hydrogens (tertiary/aromatic N) is 3. The molecule has 1 saturated carbocycles. The third-order valence-electron chi connectivity index (χ3n) is 6.19. The van der Waals surface area contributed by atoms with E-state index < -0.39 is 0 Å². The van der Waals surface area contributed by atoms with Crippen LogP contribution in [0.15, 0.2) is 12.1 Å². The molecule has 0 atom stereocenters. The summed E-state index contributed by atoms with van der Waals surface area (Å²) in [6, 6.07) is 4.28. The van der Waals surface area contributed by atoms with Crippen LogP contribution < -0.4 is 9.64 Å². The summed E-state index contributed by atoms with van der Waals surface area (Å²) < 4.78 is 5.28. The molecule has 6 heteroatoms. The zero-order valence-electron chi connectivity index (χ0n) is 15.7. The molecule has 0 radical (unpaired) electrons. The molecule has 0 N–H and O–H groups in total. The fourth-order valence-corrected chi connectivity index (χ4v) is 4.42. The van der Waals surface area contributed by atoms with Crippen LogP contribution in [-0.4, -0.2) is 50.2 Å². The van der Waals surface area contributed by atoms with Gasteiger partial charge >= 0.3 is 5.69 Å². The van der Waals surface area contributed by atoms with E-state index in [2.05, 4.69) is 23.9 Å². The number of hydrogen-bond acceptors (Lipinski definition) is 5. The predicted molar refractivity (Wildman–Crippen MR) is 99.6 cm³/mol. The summed E-state index contributed by atoms with van der Waals surface area (Å²) in [7, 11) is 5.84. The van der Waals surface area contributed by atoms with Crippen LogP contribution in [0.1, 0.15) is 38.2 Å². The lowest BCUT2D eigenvalue weighted by Crippen LogP contribution is -2.53. The first-order chi connectivity index (χ1) is 11.9. The van der Waals surface area contributed by atoms with Crippen molar-refractivity contribution in [3.05, 3.63) is 27.8 Å². The van der Waals surface area contributed by atoms with Crippen molar-refractivity contribution in [1.29, 1.82) is 0 Å². The number of rotatable bonds is 5. The zero-order chi connectivity index (χ0) is 18.2. The third kappa shape index (κ3) is 3.32. The Morgan fingerprint density at radius 1 is 1.32 bits per heavy atom. The van der Waals surface area contributed by atoms with Crippen molar-refractivity contribution in [1.82, 2.24) is 4.90 Å². The quantitative estimate of drug-likeness (QED) is 0.603. The van der Waals surface area contributed by atoms with Gasteiger partial charge in [-0.2, -0.15) is 0 Å². The maximum Gasteiger partial charge on any atom is 0.311 e. The van der Waals surface area contributed by atoms with Crippen molar-refractivity contribution >= 4 is 11.4 Å². The van der Waals surface area contributed by atoms with E-state index >= 15 is 0 Å². The van der Waals surface area contributed by atoms with Gasteiger partial charge < -0.3 is 14.5 Å². The molecule has 0 bridgehead atoms. The van der Waals surface area contributed by atoms with Crippen LogP contribution in [0.5, 0.6) is 5.75 Å². The molecule has 1 aromatic rings. The molecule has 1 saturated heterocycles. The van der Waals surface area contributed by atoms with Crippen molar-refractivity contribution in [3.63, 3.8) is 0 Å². The molecule has 0 aromatic heterocycles. The van der Waals surface area contributed by atoms with Gasteiger partial charge in [-0.1, -0.05) is 6.92 Å². The summed E-state index contributed by atoms with van der Waals surface area (Å²) in [5, 5.41) is 11.3. The first-order valence-electron chi connectivity index (χ1n) is 9.16. The van der Waals surface area contributed by atoms with Crippen molar-refractivity contribution in [2.75, 3.05) is 39.2 Å². The minimum atomic E-state index is -0.358. The summed E-state index contributed by atoms with van der Waals surface area (Å²) in [5.41, 5.74) is 2.71. The SMILES string of the molecule is CCc1cc([N+](=O)[O-])c(OC)cc1N1CCC2(CC1)CC(N(C)C)C2. The van der Waals surface area contributed by atoms with Crippen molar-refractivity contribution in [2.45, 2.75) is 45.1 Å². The van der Waals surface area contributed by atoms with Gasteiger partial charge in [0.2, 0.25) is 0 Å². The van der Waals surface area contributed by atoms with Gasteiger partial charge in [-0.05, 0) is 57.2 Å². The van der Waals surface area contributed by atoms with Crippen LogP contribution in [0.4, 0.5) is 11.4 Å². The van der Waals surface area contributed by atoms with Gasteiger partial charge in [-0.15, -0.1) is 0 Å². The minimum Gasteiger partial charge on any atom is -0.490 e. The molecule has 1 aliphatic carbocycles. The number of piperidine rings is 1. The van der Waals surface area contributed by atoms with Gasteiger partial charge in [0.25, 0.3) is 0 Å². The lowest BCUT2D eigenvalue weighted by Gasteiger charge is -2.54. The van der Waals surface area contributed by atoms with Crippen LogP contribution in [0, 0.1) is 15.5 Å². The Labute approximate surface area is 149 Å². The second-order valence-corrected chi connectivity index (χ2v) is 7.78. The molecule has 25 heavy (non-hydrogen) atoms. The maximum absolute atomic E-state index is 11.3. The highest BCUT2D eigenvalue weighted by atomic mass is 16.6. The summed E-state index contributed by atoms with van der Waals surface area (Å²) in [6.07, 6.45) is 5.81. The van der Waals surface area contributed by atoms with E-state index in [0.29, 0.717) is 11.2 Å². The summed E-state index contributed by atoms with van der Waals surface area (Å²) >= 11 is 0. The monoisotopic (exact) mass is 347 g/mol. The number of ether oxygens (including phenoxy) is 1. The summed E-state index contributed by atoms with van der Waals surface area (Å²) in [6.45, 7) is 4.09. The maximum atomic E-state index is 11.3. The average Bonchev–Trinajstić information content (AvgIpc) is 2.58. The molecule has 1 spiro atoms. The van der Waals surface area contributed by atoms with Crippen molar-refractivity contribution in [3.8, 4) is 5.75 Å². The molecule has 1 aromatic carbocycles. The van der Waals surface area contributed by atoms with Crippen LogP contribution in [0.3, 0.4) is 0 Å². The molecular formula is C19H29N3O3. The van der Waals surface area contributed by atoms with Crippen LogP contribution in [-0.2, 0) is 6.42 Å².